The number of nitrogens with one attached hydrogen (secondary N) is 1. The molecule has 0 aliphatic heterocycles. The van der Waals surface area contributed by atoms with E-state index in [1.54, 1.807) is 36.4 Å². The number of likely N-dealkylation sites (N-methyl/N-ethyl adjacent to an activating group) is 1. The number of carbonyl (C=O) groups is 3. The van der Waals surface area contributed by atoms with E-state index in [-0.39, 0.29) is 32.1 Å². The first-order valence-electron chi connectivity index (χ1n) is 13.6. The van der Waals surface area contributed by atoms with Crippen LogP contribution in [0, 0.1) is 0 Å². The maximum absolute atomic E-state index is 13.0. The topological polar surface area (TPSA) is 141 Å². The molecule has 11 nitrogen and oxygen atoms in total. The predicted molar refractivity (Wildman–Crippen MR) is 157 cm³/mol. The minimum atomic E-state index is -1.15. The summed E-state index contributed by atoms with van der Waals surface area (Å²) < 4.78 is 13.3. The van der Waals surface area contributed by atoms with Gasteiger partial charge < -0.3 is 25.4 Å². The quantitative estimate of drug-likeness (QED) is 0.262. The van der Waals surface area contributed by atoms with E-state index in [2.05, 4.69) is 15.5 Å². The van der Waals surface area contributed by atoms with Crippen LogP contribution in [0.25, 0.3) is 16.8 Å². The van der Waals surface area contributed by atoms with Gasteiger partial charge in [0.05, 0.1) is 31.0 Å². The molecule has 11 heteroatoms. The van der Waals surface area contributed by atoms with E-state index in [0.29, 0.717) is 17.2 Å². The van der Waals surface area contributed by atoms with Crippen LogP contribution >= 0.6 is 0 Å². The first-order chi connectivity index (χ1) is 20.0. The van der Waals surface area contributed by atoms with Crippen LogP contribution in [0.4, 0.5) is 4.79 Å². The lowest BCUT2D eigenvalue weighted by Crippen LogP contribution is -2.51. The molecule has 0 saturated carbocycles. The molecule has 0 aliphatic rings. The van der Waals surface area contributed by atoms with Crippen LogP contribution in [0.1, 0.15) is 43.9 Å². The molecule has 4 rings (SSSR count). The predicted octanol–water partition coefficient (Wildman–Crippen LogP) is 3.67. The molecule has 0 fully saturated rings. The number of benzene rings is 2. The monoisotopic (exact) mass is 572 g/mol. The maximum Gasteiger partial charge on any atom is 0.410 e. The first kappa shape index (κ1) is 30.4. The summed E-state index contributed by atoms with van der Waals surface area (Å²) in [5.41, 5.74) is 9.11. The van der Waals surface area contributed by atoms with Crippen molar-refractivity contribution in [2.24, 2.45) is 5.73 Å². The van der Waals surface area contributed by atoms with Gasteiger partial charge in [-0.2, -0.15) is 0 Å². The van der Waals surface area contributed by atoms with Crippen molar-refractivity contribution in [2.75, 3.05) is 20.2 Å². The third-order valence-corrected chi connectivity index (χ3v) is 6.50. The number of ketones is 1. The number of pyridine rings is 1. The highest BCUT2D eigenvalue weighted by Crippen LogP contribution is 2.25. The molecule has 0 saturated heterocycles. The van der Waals surface area contributed by atoms with Crippen molar-refractivity contribution in [3.8, 4) is 11.1 Å². The van der Waals surface area contributed by atoms with E-state index in [4.69, 9.17) is 15.2 Å². The standard InChI is InChI=1S/C31H36N6O5/c1-21(38)17-36(4)30(40)42-19-24-14-10-16-27-34-35-28(37(24)27)26(33-29(39)31(2,3)32)20-41-18-23-13-8-9-15-25(23)22-11-6-5-7-12-22/h5-16,26H,17-20,32H2,1-4H3,(H,33,39)/t26-/m1/s1. The molecule has 3 N–H and O–H groups in total. The third kappa shape index (κ3) is 7.56. The molecule has 0 spiro atoms. The minimum Gasteiger partial charge on any atom is -0.443 e. The number of rotatable bonds is 12. The summed E-state index contributed by atoms with van der Waals surface area (Å²) in [6.07, 6.45) is -0.646. The molecule has 220 valence electrons. The van der Waals surface area contributed by atoms with Crippen LogP contribution < -0.4 is 11.1 Å². The van der Waals surface area contributed by atoms with E-state index in [1.165, 1.54) is 18.9 Å². The Kier molecular flexibility index (Phi) is 9.66. The third-order valence-electron chi connectivity index (χ3n) is 6.50. The highest BCUT2D eigenvalue weighted by atomic mass is 16.6. The summed E-state index contributed by atoms with van der Waals surface area (Å²) in [4.78, 5) is 38.0. The maximum atomic E-state index is 13.0. The van der Waals surface area contributed by atoms with Crippen molar-refractivity contribution in [1.82, 2.24) is 24.8 Å². The Labute approximate surface area is 244 Å². The molecule has 0 radical (unpaired) electrons. The Bertz CT molecular complexity index is 1550. The first-order valence-corrected chi connectivity index (χ1v) is 13.6. The number of ether oxygens (including phenoxy) is 2. The van der Waals surface area contributed by atoms with E-state index in [9.17, 15) is 14.4 Å². The average Bonchev–Trinajstić information content (AvgIpc) is 3.40. The van der Waals surface area contributed by atoms with Crippen LogP contribution in [0.15, 0.2) is 72.8 Å². The second-order valence-electron chi connectivity index (χ2n) is 10.7. The summed E-state index contributed by atoms with van der Waals surface area (Å²) in [5.74, 6) is -0.166. The average molecular weight is 573 g/mol. The minimum absolute atomic E-state index is 0.0609. The van der Waals surface area contributed by atoms with Crippen molar-refractivity contribution in [3.05, 3.63) is 89.9 Å². The van der Waals surface area contributed by atoms with Gasteiger partial charge in [-0.25, -0.2) is 4.79 Å². The van der Waals surface area contributed by atoms with Crippen molar-refractivity contribution >= 4 is 23.4 Å². The van der Waals surface area contributed by atoms with Crippen molar-refractivity contribution in [3.63, 3.8) is 0 Å². The Balaban J connectivity index is 1.59. The molecule has 0 unspecified atom stereocenters. The summed E-state index contributed by atoms with van der Waals surface area (Å²) >= 11 is 0. The van der Waals surface area contributed by atoms with Gasteiger partial charge >= 0.3 is 6.09 Å². The second-order valence-corrected chi connectivity index (χ2v) is 10.7. The highest BCUT2D eigenvalue weighted by molar-refractivity contribution is 5.85. The van der Waals surface area contributed by atoms with Gasteiger partial charge in [0, 0.05) is 7.05 Å². The molecule has 0 aliphatic carbocycles. The smallest absolute Gasteiger partial charge is 0.410 e. The number of nitrogens with two attached hydrogens (primary N) is 1. The molecule has 2 amide bonds. The van der Waals surface area contributed by atoms with Gasteiger partial charge in [-0.1, -0.05) is 60.7 Å². The molecule has 4 aromatic rings. The Hall–Kier alpha value is -4.61. The highest BCUT2D eigenvalue weighted by Gasteiger charge is 2.29. The Morgan fingerprint density at radius 1 is 0.976 bits per heavy atom. The van der Waals surface area contributed by atoms with Gasteiger partial charge in [0.1, 0.15) is 18.4 Å². The normalized spacial score (nSPS) is 12.1. The molecular weight excluding hydrogens is 536 g/mol. The van der Waals surface area contributed by atoms with Crippen molar-refractivity contribution in [2.45, 2.75) is 45.6 Å². The second kappa shape index (κ2) is 13.4. The fourth-order valence-electron chi connectivity index (χ4n) is 4.37. The van der Waals surface area contributed by atoms with Crippen LogP contribution in [0.3, 0.4) is 0 Å². The van der Waals surface area contributed by atoms with Crippen LogP contribution in [-0.4, -0.2) is 63.0 Å². The number of carbonyl (C=O) groups excluding carboxylic acids is 3. The van der Waals surface area contributed by atoms with Crippen LogP contribution in [0.2, 0.25) is 0 Å². The number of nitrogens with zero attached hydrogens (tertiary/aromatic N) is 4. The Morgan fingerprint density at radius 3 is 2.40 bits per heavy atom. The SMILES string of the molecule is CC(=O)CN(C)C(=O)OCc1cccc2nnc([C@@H](COCc3ccccc3-c3ccccc3)NC(=O)C(C)(C)N)n12. The summed E-state index contributed by atoms with van der Waals surface area (Å²) in [6.45, 7) is 4.80. The molecule has 0 bridgehead atoms. The van der Waals surface area contributed by atoms with Gasteiger partial charge in [-0.05, 0) is 49.6 Å². The van der Waals surface area contributed by atoms with E-state index in [1.807, 2.05) is 54.6 Å². The van der Waals surface area contributed by atoms with E-state index < -0.39 is 23.6 Å². The molecule has 2 aromatic carbocycles. The largest absolute Gasteiger partial charge is 0.443 e. The fraction of sp³-hybridized carbons (Fsp3) is 0.323. The van der Waals surface area contributed by atoms with Crippen molar-refractivity contribution < 1.29 is 23.9 Å². The summed E-state index contributed by atoms with van der Waals surface area (Å²) in [5, 5.41) is 11.6. The molecule has 2 aromatic heterocycles. The van der Waals surface area contributed by atoms with Gasteiger partial charge in [0.25, 0.3) is 0 Å². The van der Waals surface area contributed by atoms with Gasteiger partial charge in [0.2, 0.25) is 5.91 Å². The molecule has 1 atom stereocenters. The van der Waals surface area contributed by atoms with Crippen molar-refractivity contribution in [1.29, 1.82) is 0 Å². The zero-order chi connectivity index (χ0) is 30.3. The molecule has 42 heavy (non-hydrogen) atoms. The number of hydrogen-bond acceptors (Lipinski definition) is 8. The lowest BCUT2D eigenvalue weighted by Gasteiger charge is -2.24. The van der Waals surface area contributed by atoms with E-state index in [0.717, 1.165) is 16.7 Å². The number of Topliss-reactive ketones (excluding diaryl/α,β-unsaturated/α-hetero) is 1. The summed E-state index contributed by atoms with van der Waals surface area (Å²) in [6, 6.07) is 22.6. The number of hydrogen-bond donors (Lipinski definition) is 2. The zero-order valence-electron chi connectivity index (χ0n) is 24.2. The van der Waals surface area contributed by atoms with E-state index >= 15 is 0 Å². The van der Waals surface area contributed by atoms with Gasteiger partial charge in [-0.15, -0.1) is 10.2 Å². The Morgan fingerprint density at radius 2 is 1.69 bits per heavy atom. The lowest BCUT2D eigenvalue weighted by molar-refractivity contribution is -0.126. The van der Waals surface area contributed by atoms with Crippen LogP contribution in [-0.2, 0) is 32.3 Å². The van der Waals surface area contributed by atoms with Gasteiger partial charge in [0.15, 0.2) is 11.5 Å². The lowest BCUT2D eigenvalue weighted by atomic mass is 10.0. The fourth-order valence-corrected chi connectivity index (χ4v) is 4.37. The summed E-state index contributed by atoms with van der Waals surface area (Å²) in [7, 11) is 1.49. The number of aromatic nitrogens is 3. The van der Waals surface area contributed by atoms with Crippen LogP contribution in [0.5, 0.6) is 0 Å². The molecular formula is C31H36N6O5. The number of amides is 2. The van der Waals surface area contributed by atoms with Gasteiger partial charge in [-0.3, -0.25) is 14.0 Å². The zero-order valence-corrected chi connectivity index (χ0v) is 24.2. The number of fused-ring (bicyclic) bond motifs is 1. The molecule has 2 heterocycles.